The highest BCUT2D eigenvalue weighted by atomic mass is 35.5. The van der Waals surface area contributed by atoms with Gasteiger partial charge in [-0.2, -0.15) is 10.4 Å². The van der Waals surface area contributed by atoms with Gasteiger partial charge in [-0.15, -0.1) is 6.42 Å². The SMILES string of the molecule is C#CC(=C)CC.Cn1cnc(-c2ccc(F)c(Cl)c2)c1-c1ccc2ncc(C#N)n2n1. The number of benzene rings is 1. The summed E-state index contributed by atoms with van der Waals surface area (Å²) in [4.78, 5) is 8.53. The lowest BCUT2D eigenvalue weighted by atomic mass is 10.1. The molecule has 0 aliphatic rings. The van der Waals surface area contributed by atoms with Crippen LogP contribution < -0.4 is 0 Å². The summed E-state index contributed by atoms with van der Waals surface area (Å²) in [6.07, 6.45) is 8.95. The number of imidazole rings is 2. The number of nitrogens with zero attached hydrogens (tertiary/aromatic N) is 6. The van der Waals surface area contributed by atoms with Crippen molar-refractivity contribution in [2.45, 2.75) is 13.3 Å². The van der Waals surface area contributed by atoms with E-state index in [1.165, 1.54) is 22.8 Å². The Morgan fingerprint density at radius 1 is 1.29 bits per heavy atom. The van der Waals surface area contributed by atoms with E-state index in [2.05, 4.69) is 33.6 Å². The number of aromatic nitrogens is 5. The van der Waals surface area contributed by atoms with Crippen molar-refractivity contribution < 1.29 is 4.39 Å². The molecule has 154 valence electrons. The number of aryl methyl sites for hydroxylation is 1. The Morgan fingerprint density at radius 2 is 2.06 bits per heavy atom. The lowest BCUT2D eigenvalue weighted by Crippen LogP contribution is -2.00. The Kier molecular flexibility index (Phi) is 6.49. The molecule has 0 bridgehead atoms. The summed E-state index contributed by atoms with van der Waals surface area (Å²) in [5, 5.41) is 13.7. The van der Waals surface area contributed by atoms with E-state index in [4.69, 9.17) is 18.0 Å². The van der Waals surface area contributed by atoms with Gasteiger partial charge in [0.05, 0.1) is 28.9 Å². The van der Waals surface area contributed by atoms with Gasteiger partial charge in [0.2, 0.25) is 0 Å². The molecule has 0 spiro atoms. The maximum absolute atomic E-state index is 13.5. The summed E-state index contributed by atoms with van der Waals surface area (Å²) in [5.41, 5.74) is 4.42. The second kappa shape index (κ2) is 9.25. The topological polar surface area (TPSA) is 71.8 Å². The minimum Gasteiger partial charge on any atom is -0.332 e. The van der Waals surface area contributed by atoms with Gasteiger partial charge in [-0.05, 0) is 42.3 Å². The van der Waals surface area contributed by atoms with Gasteiger partial charge in [-0.1, -0.05) is 31.0 Å². The molecule has 0 fully saturated rings. The van der Waals surface area contributed by atoms with Crippen LogP contribution in [-0.2, 0) is 7.05 Å². The van der Waals surface area contributed by atoms with Crippen LogP contribution in [0.2, 0.25) is 5.02 Å². The predicted molar refractivity (Wildman–Crippen MR) is 119 cm³/mol. The maximum atomic E-state index is 13.5. The lowest BCUT2D eigenvalue weighted by molar-refractivity contribution is 0.628. The van der Waals surface area contributed by atoms with Gasteiger partial charge < -0.3 is 4.57 Å². The van der Waals surface area contributed by atoms with E-state index in [-0.39, 0.29) is 5.02 Å². The molecule has 31 heavy (non-hydrogen) atoms. The molecule has 0 unspecified atom stereocenters. The number of rotatable bonds is 3. The van der Waals surface area contributed by atoms with E-state index in [9.17, 15) is 9.65 Å². The second-order valence-electron chi connectivity index (χ2n) is 6.53. The van der Waals surface area contributed by atoms with Crippen molar-refractivity contribution in [2.75, 3.05) is 0 Å². The van der Waals surface area contributed by atoms with Crippen LogP contribution in [0, 0.1) is 29.5 Å². The summed E-state index contributed by atoms with van der Waals surface area (Å²) in [6, 6.07) is 10.1. The average molecular weight is 433 g/mol. The summed E-state index contributed by atoms with van der Waals surface area (Å²) in [7, 11) is 1.84. The minimum absolute atomic E-state index is 0.0268. The third-order valence-corrected chi connectivity index (χ3v) is 4.77. The van der Waals surface area contributed by atoms with Crippen LogP contribution in [0.25, 0.3) is 28.3 Å². The van der Waals surface area contributed by atoms with Gasteiger partial charge in [0.1, 0.15) is 17.6 Å². The molecule has 4 aromatic rings. The number of halogens is 2. The fourth-order valence-corrected chi connectivity index (χ4v) is 2.95. The third-order valence-electron chi connectivity index (χ3n) is 4.48. The Bertz CT molecular complexity index is 1350. The number of allylic oxidation sites excluding steroid dienone is 1. The second-order valence-corrected chi connectivity index (χ2v) is 6.93. The lowest BCUT2D eigenvalue weighted by Gasteiger charge is -2.07. The van der Waals surface area contributed by atoms with E-state index < -0.39 is 5.82 Å². The van der Waals surface area contributed by atoms with Gasteiger partial charge >= 0.3 is 0 Å². The molecular formula is C23H18ClFN6. The number of fused-ring (bicyclic) bond motifs is 1. The molecule has 3 heterocycles. The third kappa shape index (κ3) is 4.48. The maximum Gasteiger partial charge on any atom is 0.162 e. The van der Waals surface area contributed by atoms with Gasteiger partial charge in [-0.3, -0.25) is 0 Å². The average Bonchev–Trinajstić information content (AvgIpc) is 3.38. The van der Waals surface area contributed by atoms with E-state index in [1.54, 1.807) is 24.5 Å². The monoisotopic (exact) mass is 432 g/mol. The first-order chi connectivity index (χ1) is 14.9. The first-order valence-electron chi connectivity index (χ1n) is 9.26. The van der Waals surface area contributed by atoms with Crippen LogP contribution in [0.1, 0.15) is 19.0 Å². The molecule has 3 aromatic heterocycles. The Hall–Kier alpha value is -3.94. The molecular weight excluding hydrogens is 415 g/mol. The van der Waals surface area contributed by atoms with Crippen molar-refractivity contribution in [3.8, 4) is 41.1 Å². The van der Waals surface area contributed by atoms with Crippen LogP contribution in [0.5, 0.6) is 0 Å². The zero-order valence-electron chi connectivity index (χ0n) is 17.0. The quantitative estimate of drug-likeness (QED) is 0.425. The number of hydrogen-bond donors (Lipinski definition) is 0. The first-order valence-corrected chi connectivity index (χ1v) is 9.63. The fraction of sp³-hybridized carbons (Fsp3) is 0.130. The van der Waals surface area contributed by atoms with Crippen molar-refractivity contribution in [3.05, 3.63) is 71.5 Å². The number of nitriles is 1. The fourth-order valence-electron chi connectivity index (χ4n) is 2.76. The molecule has 8 heteroatoms. The molecule has 4 rings (SSSR count). The zero-order chi connectivity index (χ0) is 22.5. The summed E-state index contributed by atoms with van der Waals surface area (Å²) < 4.78 is 16.7. The van der Waals surface area contributed by atoms with Crippen molar-refractivity contribution in [1.82, 2.24) is 24.1 Å². The Labute approximate surface area is 184 Å². The molecule has 0 saturated heterocycles. The highest BCUT2D eigenvalue weighted by Crippen LogP contribution is 2.31. The molecule has 0 amide bonds. The van der Waals surface area contributed by atoms with Gasteiger partial charge in [0.15, 0.2) is 11.3 Å². The molecule has 1 aromatic carbocycles. The summed E-state index contributed by atoms with van der Waals surface area (Å²) in [5.74, 6) is 1.93. The first kappa shape index (κ1) is 21.8. The predicted octanol–water partition coefficient (Wildman–Crippen LogP) is 5.05. The van der Waals surface area contributed by atoms with Crippen LogP contribution in [-0.4, -0.2) is 24.1 Å². The number of terminal acetylenes is 1. The smallest absolute Gasteiger partial charge is 0.162 e. The zero-order valence-corrected chi connectivity index (χ0v) is 17.7. The molecule has 0 aliphatic heterocycles. The van der Waals surface area contributed by atoms with Crippen molar-refractivity contribution in [2.24, 2.45) is 7.05 Å². The highest BCUT2D eigenvalue weighted by molar-refractivity contribution is 6.31. The van der Waals surface area contributed by atoms with Crippen molar-refractivity contribution in [3.63, 3.8) is 0 Å². The van der Waals surface area contributed by atoms with E-state index in [0.29, 0.717) is 28.3 Å². The van der Waals surface area contributed by atoms with Crippen LogP contribution in [0.3, 0.4) is 0 Å². The molecule has 0 aliphatic carbocycles. The van der Waals surface area contributed by atoms with Crippen LogP contribution >= 0.6 is 11.6 Å². The van der Waals surface area contributed by atoms with Crippen molar-refractivity contribution in [1.29, 1.82) is 5.26 Å². The molecule has 0 atom stereocenters. The van der Waals surface area contributed by atoms with Crippen molar-refractivity contribution >= 4 is 17.2 Å². The summed E-state index contributed by atoms with van der Waals surface area (Å²) >= 11 is 5.90. The van der Waals surface area contributed by atoms with Gasteiger partial charge in [-0.25, -0.2) is 18.9 Å². The Morgan fingerprint density at radius 3 is 2.68 bits per heavy atom. The molecule has 0 N–H and O–H groups in total. The number of hydrogen-bond acceptors (Lipinski definition) is 4. The van der Waals surface area contributed by atoms with E-state index in [1.807, 2.05) is 18.5 Å². The van der Waals surface area contributed by atoms with E-state index >= 15 is 0 Å². The minimum atomic E-state index is -0.487. The Balaban J connectivity index is 0.000000401. The van der Waals surface area contributed by atoms with Gasteiger partial charge in [0.25, 0.3) is 0 Å². The normalized spacial score (nSPS) is 10.1. The van der Waals surface area contributed by atoms with E-state index in [0.717, 1.165) is 17.7 Å². The highest BCUT2D eigenvalue weighted by Gasteiger charge is 2.17. The largest absolute Gasteiger partial charge is 0.332 e. The van der Waals surface area contributed by atoms with Crippen LogP contribution in [0.15, 0.2) is 55.0 Å². The summed E-state index contributed by atoms with van der Waals surface area (Å²) in [6.45, 7) is 5.54. The molecule has 0 saturated carbocycles. The van der Waals surface area contributed by atoms with Crippen LogP contribution in [0.4, 0.5) is 4.39 Å². The standard InChI is InChI=1S/C17H10ClFN6.C6H8/c1-24-9-22-16(10-2-3-13(19)12(18)6-10)17(24)14-4-5-15-21-8-11(7-20)25(15)23-14;1-4-6(3)5-2/h2-6,8-9H,1H3;1H,3,5H2,2H3. The molecule has 6 nitrogen and oxygen atoms in total. The van der Waals surface area contributed by atoms with Gasteiger partial charge in [0, 0.05) is 12.6 Å². The molecule has 0 radical (unpaired) electrons.